The summed E-state index contributed by atoms with van der Waals surface area (Å²) in [6.45, 7) is 1.89. The van der Waals surface area contributed by atoms with Crippen molar-refractivity contribution in [2.24, 2.45) is 5.92 Å². The van der Waals surface area contributed by atoms with E-state index in [9.17, 15) is 9.59 Å². The number of carbonyl (C=O) groups excluding carboxylic acids is 2. The van der Waals surface area contributed by atoms with Gasteiger partial charge in [0.1, 0.15) is 12.4 Å². The maximum Gasteiger partial charge on any atom is 0.274 e. The van der Waals surface area contributed by atoms with Crippen LogP contribution in [0, 0.1) is 5.92 Å². The molecule has 0 bridgehead atoms. The molecular weight excluding hydrogens is 372 g/mol. The molecular formula is C22H24N2O5. The van der Waals surface area contributed by atoms with E-state index in [2.05, 4.69) is 0 Å². The Bertz CT molecular complexity index is 880. The van der Waals surface area contributed by atoms with E-state index in [1.807, 2.05) is 35.2 Å². The second-order valence-electron chi connectivity index (χ2n) is 7.35. The first-order valence-corrected chi connectivity index (χ1v) is 9.80. The lowest BCUT2D eigenvalue weighted by Crippen LogP contribution is -2.41. The van der Waals surface area contributed by atoms with E-state index in [0.717, 1.165) is 24.0 Å². The van der Waals surface area contributed by atoms with E-state index >= 15 is 0 Å². The van der Waals surface area contributed by atoms with Crippen LogP contribution < -0.4 is 10.2 Å². The molecule has 2 aliphatic heterocycles. The van der Waals surface area contributed by atoms with Crippen molar-refractivity contribution in [1.29, 1.82) is 0 Å². The number of hydrogen-bond acceptors (Lipinski definition) is 5. The van der Waals surface area contributed by atoms with Crippen LogP contribution in [0.1, 0.15) is 40.4 Å². The molecule has 1 saturated heterocycles. The van der Waals surface area contributed by atoms with Crippen LogP contribution in [0.15, 0.2) is 48.5 Å². The molecule has 1 atom stereocenters. The minimum absolute atomic E-state index is 0.0593. The molecule has 2 amide bonds. The van der Waals surface area contributed by atoms with Crippen molar-refractivity contribution in [3.05, 3.63) is 65.2 Å². The van der Waals surface area contributed by atoms with Gasteiger partial charge >= 0.3 is 0 Å². The molecule has 0 aliphatic carbocycles. The van der Waals surface area contributed by atoms with Crippen molar-refractivity contribution in [2.45, 2.75) is 25.4 Å². The molecule has 4 rings (SSSR count). The van der Waals surface area contributed by atoms with Crippen molar-refractivity contribution in [2.75, 3.05) is 19.8 Å². The Balaban J connectivity index is 1.68. The maximum atomic E-state index is 13.4. The lowest BCUT2D eigenvalue weighted by atomic mass is 9.96. The van der Waals surface area contributed by atoms with E-state index in [0.29, 0.717) is 31.1 Å². The van der Waals surface area contributed by atoms with E-state index < -0.39 is 5.91 Å². The number of hydroxylamine groups is 1. The average Bonchev–Trinajstić information content (AvgIpc) is 2.98. The van der Waals surface area contributed by atoms with Crippen molar-refractivity contribution in [3.63, 3.8) is 0 Å². The lowest BCUT2D eigenvalue weighted by Gasteiger charge is -2.34. The third kappa shape index (κ3) is 4.11. The summed E-state index contributed by atoms with van der Waals surface area (Å²) in [5.74, 6) is -0.00330. The minimum Gasteiger partial charge on any atom is -0.491 e. The summed E-state index contributed by atoms with van der Waals surface area (Å²) in [5.41, 5.74) is 3.78. The van der Waals surface area contributed by atoms with E-state index in [1.165, 1.54) is 0 Å². The number of nitrogens with zero attached hydrogens (tertiary/aromatic N) is 1. The summed E-state index contributed by atoms with van der Waals surface area (Å²) in [6, 6.07) is 14.6. The van der Waals surface area contributed by atoms with Crippen molar-refractivity contribution < 1.29 is 24.3 Å². The molecule has 152 valence electrons. The van der Waals surface area contributed by atoms with E-state index in [4.69, 9.17) is 14.7 Å². The molecule has 29 heavy (non-hydrogen) atoms. The monoisotopic (exact) mass is 396 g/mol. The Morgan fingerprint density at radius 2 is 1.83 bits per heavy atom. The summed E-state index contributed by atoms with van der Waals surface area (Å²) in [4.78, 5) is 27.1. The van der Waals surface area contributed by atoms with Crippen LogP contribution >= 0.6 is 0 Å². The molecule has 7 nitrogen and oxygen atoms in total. The number of amides is 2. The number of hydrogen-bond donors (Lipinski definition) is 2. The summed E-state index contributed by atoms with van der Waals surface area (Å²) >= 11 is 0. The van der Waals surface area contributed by atoms with Crippen molar-refractivity contribution in [1.82, 2.24) is 10.4 Å². The molecule has 2 heterocycles. The molecule has 0 saturated carbocycles. The summed E-state index contributed by atoms with van der Waals surface area (Å²) in [7, 11) is 0. The standard InChI is InChI=1S/C22H24N2O5/c25-21(23-27)17-6-7-18-13-24(22(26)16-8-10-28-11-9-16)19(14-29-20(18)12-17)15-4-2-1-3-5-15/h1-7,12,16,19,27H,8-11,13-14H2,(H,23,25). The Kier molecular flexibility index (Phi) is 5.78. The fourth-order valence-corrected chi connectivity index (χ4v) is 3.94. The van der Waals surface area contributed by atoms with Gasteiger partial charge in [0, 0.05) is 30.3 Å². The Hall–Kier alpha value is -2.90. The van der Waals surface area contributed by atoms with E-state index in [-0.39, 0.29) is 24.5 Å². The van der Waals surface area contributed by atoms with Crippen LogP contribution in [-0.4, -0.2) is 41.7 Å². The van der Waals surface area contributed by atoms with Crippen LogP contribution in [0.3, 0.4) is 0 Å². The van der Waals surface area contributed by atoms with Gasteiger partial charge in [0.25, 0.3) is 5.91 Å². The van der Waals surface area contributed by atoms with Gasteiger partial charge in [-0.2, -0.15) is 0 Å². The minimum atomic E-state index is -0.601. The number of rotatable bonds is 3. The van der Waals surface area contributed by atoms with Gasteiger partial charge in [-0.05, 0) is 30.5 Å². The zero-order chi connectivity index (χ0) is 20.2. The molecule has 2 N–H and O–H groups in total. The van der Waals surface area contributed by atoms with Gasteiger partial charge in [0.15, 0.2) is 0 Å². The van der Waals surface area contributed by atoms with Crippen LogP contribution in [0.5, 0.6) is 5.75 Å². The van der Waals surface area contributed by atoms with Gasteiger partial charge in [0.05, 0.1) is 12.6 Å². The quantitative estimate of drug-likeness (QED) is 0.615. The van der Waals surface area contributed by atoms with Crippen LogP contribution in [-0.2, 0) is 16.1 Å². The fraction of sp³-hybridized carbons (Fsp3) is 0.364. The average molecular weight is 396 g/mol. The first-order valence-electron chi connectivity index (χ1n) is 9.80. The number of carbonyl (C=O) groups is 2. The number of nitrogens with one attached hydrogen (secondary N) is 1. The molecule has 2 aromatic carbocycles. The highest BCUT2D eigenvalue weighted by Crippen LogP contribution is 2.34. The van der Waals surface area contributed by atoms with Gasteiger partial charge < -0.3 is 14.4 Å². The molecule has 2 aliphatic rings. The molecule has 0 aromatic heterocycles. The van der Waals surface area contributed by atoms with Gasteiger partial charge in [0.2, 0.25) is 5.91 Å². The number of fused-ring (bicyclic) bond motifs is 1. The molecule has 2 aromatic rings. The van der Waals surface area contributed by atoms with E-state index in [1.54, 1.807) is 23.7 Å². The zero-order valence-corrected chi connectivity index (χ0v) is 16.0. The third-order valence-corrected chi connectivity index (χ3v) is 5.58. The Morgan fingerprint density at radius 1 is 1.07 bits per heavy atom. The summed E-state index contributed by atoms with van der Waals surface area (Å²) in [5, 5.41) is 8.89. The summed E-state index contributed by atoms with van der Waals surface area (Å²) < 4.78 is 11.5. The van der Waals surface area contributed by atoms with Crippen LogP contribution in [0.25, 0.3) is 0 Å². The highest BCUT2D eigenvalue weighted by atomic mass is 16.5. The SMILES string of the molecule is O=C(NO)c1ccc2c(c1)OCC(c1ccccc1)N(C(=O)C1CCOCC1)C2. The molecule has 7 heteroatoms. The highest BCUT2D eigenvalue weighted by Gasteiger charge is 2.34. The molecule has 0 radical (unpaired) electrons. The number of ether oxygens (including phenoxy) is 2. The molecule has 0 spiro atoms. The van der Waals surface area contributed by atoms with Crippen LogP contribution in [0.4, 0.5) is 0 Å². The topological polar surface area (TPSA) is 88.1 Å². The van der Waals surface area contributed by atoms with Crippen molar-refractivity contribution >= 4 is 11.8 Å². The fourth-order valence-electron chi connectivity index (χ4n) is 3.94. The van der Waals surface area contributed by atoms with Gasteiger partial charge in [-0.1, -0.05) is 36.4 Å². The van der Waals surface area contributed by atoms with Gasteiger partial charge in [-0.15, -0.1) is 0 Å². The second-order valence-corrected chi connectivity index (χ2v) is 7.35. The third-order valence-electron chi connectivity index (χ3n) is 5.58. The smallest absolute Gasteiger partial charge is 0.274 e. The Morgan fingerprint density at radius 3 is 2.55 bits per heavy atom. The largest absolute Gasteiger partial charge is 0.491 e. The summed E-state index contributed by atoms with van der Waals surface area (Å²) in [6.07, 6.45) is 1.44. The Labute approximate surface area is 169 Å². The zero-order valence-electron chi connectivity index (χ0n) is 16.0. The highest BCUT2D eigenvalue weighted by molar-refractivity contribution is 5.93. The normalized spacial score (nSPS) is 19.6. The van der Waals surface area contributed by atoms with Gasteiger partial charge in [-0.25, -0.2) is 5.48 Å². The van der Waals surface area contributed by atoms with Gasteiger partial charge in [-0.3, -0.25) is 14.8 Å². The maximum absolute atomic E-state index is 13.4. The second kappa shape index (κ2) is 8.63. The van der Waals surface area contributed by atoms with Crippen LogP contribution in [0.2, 0.25) is 0 Å². The first-order chi connectivity index (χ1) is 14.2. The predicted molar refractivity (Wildman–Crippen MR) is 104 cm³/mol. The van der Waals surface area contributed by atoms with Crippen molar-refractivity contribution in [3.8, 4) is 5.75 Å². The predicted octanol–water partition coefficient (Wildman–Crippen LogP) is 2.69. The molecule has 1 fully saturated rings. The first kappa shape index (κ1) is 19.4. The lowest BCUT2D eigenvalue weighted by molar-refractivity contribution is -0.142. The molecule has 1 unspecified atom stereocenters. The number of benzene rings is 2.